The molecular weight excluding hydrogens is 500 g/mol. The summed E-state index contributed by atoms with van der Waals surface area (Å²) < 4.78 is 11.9. The monoisotopic (exact) mass is 530 g/mol. The van der Waals surface area contributed by atoms with Crippen molar-refractivity contribution >= 4 is 23.4 Å². The number of amides is 1. The van der Waals surface area contributed by atoms with E-state index >= 15 is 0 Å². The van der Waals surface area contributed by atoms with Gasteiger partial charge < -0.3 is 19.5 Å². The molecule has 2 fully saturated rings. The topological polar surface area (TPSA) is 114 Å². The highest BCUT2D eigenvalue weighted by Crippen LogP contribution is 2.40. The Hall–Kier alpha value is -4.28. The van der Waals surface area contributed by atoms with Crippen molar-refractivity contribution in [1.82, 2.24) is 19.6 Å². The number of esters is 1. The van der Waals surface area contributed by atoms with Crippen molar-refractivity contribution in [2.24, 2.45) is 0 Å². The van der Waals surface area contributed by atoms with Gasteiger partial charge in [0.2, 0.25) is 0 Å². The highest BCUT2D eigenvalue weighted by Gasteiger charge is 2.46. The van der Waals surface area contributed by atoms with Crippen LogP contribution in [-0.2, 0) is 19.1 Å². The van der Waals surface area contributed by atoms with E-state index in [1.165, 1.54) is 18.2 Å². The molecule has 2 saturated heterocycles. The number of benzene rings is 2. The van der Waals surface area contributed by atoms with Crippen LogP contribution in [0.25, 0.3) is 11.4 Å². The number of aromatic nitrogens is 2. The average Bonchev–Trinajstić information content (AvgIpc) is 3.48. The molecule has 5 rings (SSSR count). The maximum Gasteiger partial charge on any atom is 0.337 e. The maximum atomic E-state index is 13.4. The van der Waals surface area contributed by atoms with E-state index < -0.39 is 23.7 Å². The third-order valence-corrected chi connectivity index (χ3v) is 7.21. The molecule has 0 bridgehead atoms. The summed E-state index contributed by atoms with van der Waals surface area (Å²) in [6.45, 7) is 5.33. The molecule has 2 aliphatic rings. The van der Waals surface area contributed by atoms with Gasteiger partial charge in [0, 0.05) is 26.2 Å². The first-order chi connectivity index (χ1) is 18.9. The van der Waals surface area contributed by atoms with Crippen molar-refractivity contribution in [3.8, 4) is 5.69 Å². The van der Waals surface area contributed by atoms with E-state index in [9.17, 15) is 19.5 Å². The van der Waals surface area contributed by atoms with E-state index in [-0.39, 0.29) is 17.9 Å². The summed E-state index contributed by atoms with van der Waals surface area (Å²) in [6.07, 6.45) is 1.50. The molecule has 0 saturated carbocycles. The normalized spacial score (nSPS) is 19.4. The number of hydrogen-bond donors (Lipinski definition) is 1. The molecule has 1 amide bonds. The minimum Gasteiger partial charge on any atom is -0.507 e. The van der Waals surface area contributed by atoms with E-state index in [0.29, 0.717) is 42.1 Å². The molecule has 39 heavy (non-hydrogen) atoms. The third-order valence-electron chi connectivity index (χ3n) is 7.21. The Balaban J connectivity index is 1.56. The van der Waals surface area contributed by atoms with E-state index in [1.54, 1.807) is 35.9 Å². The van der Waals surface area contributed by atoms with Gasteiger partial charge in [-0.25, -0.2) is 9.48 Å². The van der Waals surface area contributed by atoms with E-state index in [4.69, 9.17) is 9.47 Å². The van der Waals surface area contributed by atoms with Crippen LogP contribution in [0.15, 0.2) is 66.4 Å². The van der Waals surface area contributed by atoms with Gasteiger partial charge in [-0.15, -0.1) is 0 Å². The standard InChI is InChI=1S/C29H30N4O6/c1-19-23(18-30-33(19)22-6-4-3-5-7-22)26(34)24-25(20-8-10-21(11-9-20)29(37)38-2)32(28(36)27(24)35)13-12-31-14-16-39-17-15-31/h3-11,18,25,34H,12-17H2,1-2H3/b26-24+/t25-/m0/s1. The fraction of sp³-hybridized carbons (Fsp3) is 0.310. The van der Waals surface area contributed by atoms with E-state index in [2.05, 4.69) is 10.00 Å². The van der Waals surface area contributed by atoms with Crippen LogP contribution in [0, 0.1) is 6.92 Å². The number of aliphatic hydroxyl groups excluding tert-OH is 1. The Morgan fingerprint density at radius 3 is 2.41 bits per heavy atom. The number of likely N-dealkylation sites (tertiary alicyclic amines) is 1. The number of carbonyl (C=O) groups is 3. The number of para-hydroxylation sites is 1. The zero-order chi connectivity index (χ0) is 27.5. The number of morpholine rings is 1. The van der Waals surface area contributed by atoms with Crippen LogP contribution in [0.3, 0.4) is 0 Å². The molecule has 202 valence electrons. The number of hydrogen-bond acceptors (Lipinski definition) is 8. The Morgan fingerprint density at radius 2 is 1.74 bits per heavy atom. The third kappa shape index (κ3) is 5.08. The van der Waals surface area contributed by atoms with Gasteiger partial charge in [0.05, 0.1) is 60.6 Å². The summed E-state index contributed by atoms with van der Waals surface area (Å²) in [4.78, 5) is 42.4. The zero-order valence-corrected chi connectivity index (χ0v) is 21.9. The number of aliphatic hydroxyl groups is 1. The van der Waals surface area contributed by atoms with E-state index in [0.717, 1.165) is 18.8 Å². The summed E-state index contributed by atoms with van der Waals surface area (Å²) in [7, 11) is 1.30. The second kappa shape index (κ2) is 11.2. The van der Waals surface area contributed by atoms with Gasteiger partial charge in [-0.2, -0.15) is 5.10 Å². The Kier molecular flexibility index (Phi) is 7.58. The van der Waals surface area contributed by atoms with Gasteiger partial charge in [0.15, 0.2) is 0 Å². The molecule has 0 aliphatic carbocycles. The summed E-state index contributed by atoms with van der Waals surface area (Å²) >= 11 is 0. The number of rotatable bonds is 7. The number of carbonyl (C=O) groups excluding carboxylic acids is 3. The second-order valence-corrected chi connectivity index (χ2v) is 9.45. The molecule has 3 heterocycles. The largest absolute Gasteiger partial charge is 0.507 e. The lowest BCUT2D eigenvalue weighted by Gasteiger charge is -2.31. The molecule has 1 N–H and O–H groups in total. The smallest absolute Gasteiger partial charge is 0.337 e. The molecule has 10 heteroatoms. The maximum absolute atomic E-state index is 13.4. The first-order valence-electron chi connectivity index (χ1n) is 12.8. The lowest BCUT2D eigenvalue weighted by atomic mass is 9.94. The fourth-order valence-electron chi connectivity index (χ4n) is 5.07. The molecule has 0 radical (unpaired) electrons. The summed E-state index contributed by atoms with van der Waals surface area (Å²) in [5.74, 6) is -2.22. The minimum atomic E-state index is -0.836. The van der Waals surface area contributed by atoms with Gasteiger partial charge in [0.25, 0.3) is 11.7 Å². The molecule has 1 aromatic heterocycles. The van der Waals surface area contributed by atoms with Crippen molar-refractivity contribution in [2.45, 2.75) is 13.0 Å². The predicted octanol–water partition coefficient (Wildman–Crippen LogP) is 2.72. The van der Waals surface area contributed by atoms with Crippen LogP contribution < -0.4 is 0 Å². The molecule has 0 unspecified atom stereocenters. The lowest BCUT2D eigenvalue weighted by molar-refractivity contribution is -0.140. The average molecular weight is 531 g/mol. The van der Waals surface area contributed by atoms with Gasteiger partial charge >= 0.3 is 5.97 Å². The molecule has 0 spiro atoms. The number of ether oxygens (including phenoxy) is 2. The number of nitrogens with zero attached hydrogens (tertiary/aromatic N) is 4. The lowest BCUT2D eigenvalue weighted by Crippen LogP contribution is -2.42. The van der Waals surface area contributed by atoms with Crippen LogP contribution in [0.4, 0.5) is 0 Å². The van der Waals surface area contributed by atoms with Gasteiger partial charge in [-0.05, 0) is 36.8 Å². The van der Waals surface area contributed by atoms with Crippen LogP contribution in [0.5, 0.6) is 0 Å². The minimum absolute atomic E-state index is 0.0106. The Morgan fingerprint density at radius 1 is 1.05 bits per heavy atom. The van der Waals surface area contributed by atoms with Crippen LogP contribution >= 0.6 is 0 Å². The molecule has 2 aromatic carbocycles. The van der Waals surface area contributed by atoms with Crippen molar-refractivity contribution < 1.29 is 29.0 Å². The SMILES string of the molecule is COC(=O)c1ccc([C@H]2/C(=C(\O)c3cnn(-c4ccccc4)c3C)C(=O)C(=O)N2CCN2CCOCC2)cc1. The van der Waals surface area contributed by atoms with Crippen LogP contribution in [0.1, 0.15) is 33.2 Å². The molecule has 2 aliphatic heterocycles. The summed E-state index contributed by atoms with van der Waals surface area (Å²) in [6, 6.07) is 15.1. The quantitative estimate of drug-likeness (QED) is 0.215. The molecule has 1 atom stereocenters. The number of Topliss-reactive ketones (excluding diaryl/α,β-unsaturated/α-hetero) is 1. The van der Waals surface area contributed by atoms with Crippen molar-refractivity contribution in [1.29, 1.82) is 0 Å². The van der Waals surface area contributed by atoms with Crippen molar-refractivity contribution in [2.75, 3.05) is 46.5 Å². The van der Waals surface area contributed by atoms with Crippen LogP contribution in [0.2, 0.25) is 0 Å². The number of methoxy groups -OCH3 is 1. The Bertz CT molecular complexity index is 1410. The molecule has 3 aromatic rings. The predicted molar refractivity (Wildman–Crippen MR) is 142 cm³/mol. The zero-order valence-electron chi connectivity index (χ0n) is 21.9. The van der Waals surface area contributed by atoms with Gasteiger partial charge in [0.1, 0.15) is 5.76 Å². The summed E-state index contributed by atoms with van der Waals surface area (Å²) in [5, 5.41) is 15.9. The van der Waals surface area contributed by atoms with Crippen LogP contribution in [-0.4, -0.2) is 88.8 Å². The van der Waals surface area contributed by atoms with Gasteiger partial charge in [-0.3, -0.25) is 14.5 Å². The summed E-state index contributed by atoms with van der Waals surface area (Å²) in [5.41, 5.74) is 2.71. The Labute approximate surface area is 226 Å². The number of ketones is 1. The highest BCUT2D eigenvalue weighted by atomic mass is 16.5. The van der Waals surface area contributed by atoms with Gasteiger partial charge in [-0.1, -0.05) is 30.3 Å². The first-order valence-corrected chi connectivity index (χ1v) is 12.8. The molecular formula is C29H30N4O6. The van der Waals surface area contributed by atoms with E-state index in [1.807, 2.05) is 30.3 Å². The molecule has 10 nitrogen and oxygen atoms in total. The highest BCUT2D eigenvalue weighted by molar-refractivity contribution is 6.46. The fourth-order valence-corrected chi connectivity index (χ4v) is 5.07. The van der Waals surface area contributed by atoms with Crippen molar-refractivity contribution in [3.63, 3.8) is 0 Å². The second-order valence-electron chi connectivity index (χ2n) is 9.45. The van der Waals surface area contributed by atoms with Crippen molar-refractivity contribution in [3.05, 3.63) is 88.8 Å². The first kappa shape index (κ1) is 26.3.